The van der Waals surface area contributed by atoms with Gasteiger partial charge in [-0.15, -0.1) is 0 Å². The van der Waals surface area contributed by atoms with Crippen molar-refractivity contribution in [1.82, 2.24) is 0 Å². The third kappa shape index (κ3) is 1.80. The summed E-state index contributed by atoms with van der Waals surface area (Å²) in [6.07, 6.45) is 8.90. The van der Waals surface area contributed by atoms with Crippen molar-refractivity contribution in [3.05, 3.63) is 12.2 Å². The number of hydrogen-bond acceptors (Lipinski definition) is 1. The van der Waals surface area contributed by atoms with Crippen molar-refractivity contribution in [3.63, 3.8) is 0 Å². The van der Waals surface area contributed by atoms with Gasteiger partial charge in [-0.05, 0) is 25.7 Å². The molecule has 0 radical (unpaired) electrons. The minimum Gasteiger partial charge on any atom is -0.360 e. The van der Waals surface area contributed by atoms with Crippen molar-refractivity contribution >= 4 is 0 Å². The zero-order valence-corrected chi connectivity index (χ0v) is 9.39. The Kier molecular flexibility index (Phi) is 3.18. The number of rotatable bonds is 4. The summed E-state index contributed by atoms with van der Waals surface area (Å²) in [4.78, 5) is 0. The van der Waals surface area contributed by atoms with Crippen LogP contribution in [0.3, 0.4) is 0 Å². The molecule has 0 aromatic heterocycles. The fraction of sp³-hybridized carbons (Fsp3) is 0.833. The quantitative estimate of drug-likeness (QED) is 0.602. The molecular weight excluding hydrogens is 160 g/mol. The van der Waals surface area contributed by atoms with Crippen LogP contribution in [0.25, 0.3) is 0 Å². The highest BCUT2D eigenvalue weighted by Crippen LogP contribution is 2.39. The zero-order chi connectivity index (χ0) is 9.95. The molecule has 1 aliphatic rings. The van der Waals surface area contributed by atoms with Crippen LogP contribution < -0.4 is 0 Å². The third-order valence-electron chi connectivity index (χ3n) is 3.49. The Labute approximate surface area is 82.2 Å². The molecule has 1 rings (SSSR count). The predicted octanol–water partition coefficient (Wildman–Crippen LogP) is 3.69. The first kappa shape index (κ1) is 10.8. The van der Waals surface area contributed by atoms with Crippen LogP contribution >= 0.6 is 0 Å². The van der Waals surface area contributed by atoms with Crippen LogP contribution in [0.1, 0.15) is 53.4 Å². The Hall–Kier alpha value is -0.300. The lowest BCUT2D eigenvalue weighted by Crippen LogP contribution is -2.35. The molecule has 0 aromatic rings. The summed E-state index contributed by atoms with van der Waals surface area (Å²) in [6.45, 7) is 8.81. The van der Waals surface area contributed by atoms with Crippen molar-refractivity contribution in [2.24, 2.45) is 0 Å². The first-order chi connectivity index (χ1) is 6.16. The van der Waals surface area contributed by atoms with Crippen LogP contribution in [0.2, 0.25) is 0 Å². The van der Waals surface area contributed by atoms with Gasteiger partial charge in [0.05, 0.1) is 11.2 Å². The minimum atomic E-state index is 0.0337. The predicted molar refractivity (Wildman–Crippen MR) is 56.9 cm³/mol. The fourth-order valence-electron chi connectivity index (χ4n) is 2.04. The summed E-state index contributed by atoms with van der Waals surface area (Å²) < 4.78 is 6.22. The smallest absolute Gasteiger partial charge is 0.0870 e. The number of ether oxygens (including phenoxy) is 1. The molecule has 0 amide bonds. The second-order valence-corrected chi connectivity index (χ2v) is 3.98. The molecule has 0 atom stereocenters. The van der Waals surface area contributed by atoms with E-state index in [1.807, 2.05) is 0 Å². The van der Waals surface area contributed by atoms with Crippen LogP contribution in [0, 0.1) is 0 Å². The van der Waals surface area contributed by atoms with Gasteiger partial charge in [0.15, 0.2) is 0 Å². The summed E-state index contributed by atoms with van der Waals surface area (Å²) in [5.41, 5.74) is 0.0675. The molecule has 0 saturated carbocycles. The summed E-state index contributed by atoms with van der Waals surface area (Å²) >= 11 is 0. The van der Waals surface area contributed by atoms with Crippen LogP contribution in [-0.4, -0.2) is 11.2 Å². The molecule has 1 heterocycles. The van der Waals surface area contributed by atoms with Gasteiger partial charge in [0.25, 0.3) is 0 Å². The maximum absolute atomic E-state index is 6.22. The summed E-state index contributed by atoms with van der Waals surface area (Å²) in [5.74, 6) is 0. The maximum atomic E-state index is 6.22. The molecule has 76 valence electrons. The van der Waals surface area contributed by atoms with Crippen LogP contribution in [-0.2, 0) is 4.74 Å². The summed E-state index contributed by atoms with van der Waals surface area (Å²) in [6, 6.07) is 0. The van der Waals surface area contributed by atoms with E-state index in [1.165, 1.54) is 0 Å². The average molecular weight is 182 g/mol. The van der Waals surface area contributed by atoms with Gasteiger partial charge in [-0.25, -0.2) is 0 Å². The van der Waals surface area contributed by atoms with E-state index in [2.05, 4.69) is 39.8 Å². The zero-order valence-electron chi connectivity index (χ0n) is 9.39. The molecular formula is C12H22O. The fourth-order valence-corrected chi connectivity index (χ4v) is 2.04. The average Bonchev–Trinajstić information content (AvgIpc) is 2.59. The first-order valence-electron chi connectivity index (χ1n) is 5.56. The molecule has 13 heavy (non-hydrogen) atoms. The van der Waals surface area contributed by atoms with Gasteiger partial charge in [0, 0.05) is 0 Å². The van der Waals surface area contributed by atoms with E-state index in [1.54, 1.807) is 0 Å². The third-order valence-corrected chi connectivity index (χ3v) is 3.49. The van der Waals surface area contributed by atoms with Gasteiger partial charge in [0.1, 0.15) is 0 Å². The van der Waals surface area contributed by atoms with E-state index in [0.717, 1.165) is 25.7 Å². The first-order valence-corrected chi connectivity index (χ1v) is 5.56. The molecule has 0 fully saturated rings. The van der Waals surface area contributed by atoms with Crippen LogP contribution in [0.15, 0.2) is 12.2 Å². The van der Waals surface area contributed by atoms with Crippen molar-refractivity contribution < 1.29 is 4.74 Å². The van der Waals surface area contributed by atoms with Crippen molar-refractivity contribution in [2.75, 3.05) is 0 Å². The van der Waals surface area contributed by atoms with Crippen LogP contribution in [0.4, 0.5) is 0 Å². The van der Waals surface area contributed by atoms with Gasteiger partial charge in [0.2, 0.25) is 0 Å². The minimum absolute atomic E-state index is 0.0337. The van der Waals surface area contributed by atoms with E-state index in [9.17, 15) is 0 Å². The van der Waals surface area contributed by atoms with E-state index in [4.69, 9.17) is 4.74 Å². The van der Waals surface area contributed by atoms with Crippen molar-refractivity contribution in [1.29, 1.82) is 0 Å². The molecule has 1 heteroatoms. The van der Waals surface area contributed by atoms with Crippen LogP contribution in [0.5, 0.6) is 0 Å². The molecule has 1 nitrogen and oxygen atoms in total. The molecule has 1 aliphatic heterocycles. The Morgan fingerprint density at radius 1 is 0.769 bits per heavy atom. The topological polar surface area (TPSA) is 9.23 Å². The van der Waals surface area contributed by atoms with E-state index < -0.39 is 0 Å². The summed E-state index contributed by atoms with van der Waals surface area (Å²) in [7, 11) is 0. The summed E-state index contributed by atoms with van der Waals surface area (Å²) in [5, 5.41) is 0. The monoisotopic (exact) mass is 182 g/mol. The lowest BCUT2D eigenvalue weighted by atomic mass is 9.97. The molecule has 0 spiro atoms. The molecule has 0 bridgehead atoms. The molecule has 0 N–H and O–H groups in total. The maximum Gasteiger partial charge on any atom is 0.0870 e. The largest absolute Gasteiger partial charge is 0.360 e. The molecule has 0 aromatic carbocycles. The normalized spacial score (nSPS) is 23.7. The van der Waals surface area contributed by atoms with E-state index in [-0.39, 0.29) is 11.2 Å². The highest BCUT2D eigenvalue weighted by atomic mass is 16.5. The van der Waals surface area contributed by atoms with Gasteiger partial charge >= 0.3 is 0 Å². The highest BCUT2D eigenvalue weighted by Gasteiger charge is 2.40. The lowest BCUT2D eigenvalue weighted by molar-refractivity contribution is -0.0952. The standard InChI is InChI=1S/C12H22O/c1-5-11(6-2)9-10-12(7-3,8-4)13-11/h9-10H,5-8H2,1-4H3. The Balaban J connectivity index is 2.77. The van der Waals surface area contributed by atoms with Gasteiger partial charge in [-0.1, -0.05) is 39.8 Å². The lowest BCUT2D eigenvalue weighted by Gasteiger charge is -2.33. The molecule has 0 aliphatic carbocycles. The van der Waals surface area contributed by atoms with Crippen molar-refractivity contribution in [3.8, 4) is 0 Å². The van der Waals surface area contributed by atoms with E-state index >= 15 is 0 Å². The number of hydrogen-bond donors (Lipinski definition) is 0. The Bertz CT molecular complexity index is 165. The van der Waals surface area contributed by atoms with Gasteiger partial charge in [-0.2, -0.15) is 0 Å². The van der Waals surface area contributed by atoms with Gasteiger partial charge < -0.3 is 4.74 Å². The van der Waals surface area contributed by atoms with Gasteiger partial charge in [-0.3, -0.25) is 0 Å². The Morgan fingerprint density at radius 3 is 1.23 bits per heavy atom. The van der Waals surface area contributed by atoms with Crippen molar-refractivity contribution in [2.45, 2.75) is 64.6 Å². The highest BCUT2D eigenvalue weighted by molar-refractivity contribution is 5.17. The second-order valence-electron chi connectivity index (χ2n) is 3.98. The second kappa shape index (κ2) is 3.83. The Morgan fingerprint density at radius 2 is 1.08 bits per heavy atom. The molecule has 0 saturated heterocycles. The molecule has 0 unspecified atom stereocenters. The SMILES string of the molecule is CCC1(CC)C=CC(CC)(CC)O1. The van der Waals surface area contributed by atoms with E-state index in [0.29, 0.717) is 0 Å².